The van der Waals surface area contributed by atoms with E-state index in [1.165, 1.54) is 12.8 Å². The van der Waals surface area contributed by atoms with Crippen LogP contribution in [0.15, 0.2) is 4.99 Å². The van der Waals surface area contributed by atoms with Gasteiger partial charge in [0.25, 0.3) is 0 Å². The normalized spacial score (nSPS) is 24.3. The number of piperidine rings is 1. The van der Waals surface area contributed by atoms with Crippen molar-refractivity contribution in [2.45, 2.75) is 51.5 Å². The van der Waals surface area contributed by atoms with Crippen LogP contribution in [0.5, 0.6) is 0 Å². The van der Waals surface area contributed by atoms with Crippen LogP contribution in [0.4, 0.5) is 0 Å². The molecule has 2 fully saturated rings. The fourth-order valence-electron chi connectivity index (χ4n) is 4.00. The topological polar surface area (TPSA) is 75.2 Å². The van der Waals surface area contributed by atoms with Gasteiger partial charge in [-0.25, -0.2) is 0 Å². The number of halogens is 1. The van der Waals surface area contributed by atoms with Crippen molar-refractivity contribution in [3.05, 3.63) is 0 Å². The maximum atomic E-state index is 11.9. The van der Waals surface area contributed by atoms with Gasteiger partial charge in [-0.15, -0.1) is 24.0 Å². The molecule has 0 aromatic heterocycles. The summed E-state index contributed by atoms with van der Waals surface area (Å²) in [6.07, 6.45) is 6.21. The van der Waals surface area contributed by atoms with E-state index in [0.29, 0.717) is 18.6 Å². The van der Waals surface area contributed by atoms with Gasteiger partial charge in [-0.3, -0.25) is 9.79 Å². The number of nitrogens with zero attached hydrogens (tertiary/aromatic N) is 2. The van der Waals surface area contributed by atoms with E-state index in [1.54, 1.807) is 7.11 Å². The number of methoxy groups -OCH3 is 1. The number of ether oxygens (including phenoxy) is 2. The number of carbonyl (C=O) groups is 1. The summed E-state index contributed by atoms with van der Waals surface area (Å²) in [5.74, 6) is 1.62. The second kappa shape index (κ2) is 14.4. The maximum Gasteiger partial charge on any atom is 0.308 e. The molecule has 164 valence electrons. The first kappa shape index (κ1) is 25.4. The first-order valence-electron chi connectivity index (χ1n) is 10.5. The molecular formula is C20H39IN4O3. The van der Waals surface area contributed by atoms with E-state index < -0.39 is 0 Å². The number of likely N-dealkylation sites (tertiary alicyclic amines) is 1. The molecule has 0 aromatic rings. The lowest BCUT2D eigenvalue weighted by atomic mass is 9.86. The molecule has 0 spiro atoms. The van der Waals surface area contributed by atoms with Crippen molar-refractivity contribution < 1.29 is 14.3 Å². The van der Waals surface area contributed by atoms with Crippen LogP contribution in [0.3, 0.4) is 0 Å². The highest BCUT2D eigenvalue weighted by Crippen LogP contribution is 2.25. The van der Waals surface area contributed by atoms with Crippen LogP contribution in [0.2, 0.25) is 0 Å². The van der Waals surface area contributed by atoms with E-state index in [2.05, 4.69) is 20.5 Å². The van der Waals surface area contributed by atoms with E-state index >= 15 is 0 Å². The van der Waals surface area contributed by atoms with E-state index in [0.717, 1.165) is 64.4 Å². The smallest absolute Gasteiger partial charge is 0.308 e. The molecule has 0 amide bonds. The summed E-state index contributed by atoms with van der Waals surface area (Å²) in [7, 11) is 3.59. The van der Waals surface area contributed by atoms with Crippen molar-refractivity contribution >= 4 is 35.9 Å². The first-order chi connectivity index (χ1) is 13.2. The molecule has 0 unspecified atom stereocenters. The summed E-state index contributed by atoms with van der Waals surface area (Å²) in [6, 6.07) is 0.387. The van der Waals surface area contributed by atoms with Crippen LogP contribution in [0.25, 0.3) is 0 Å². The fourth-order valence-corrected chi connectivity index (χ4v) is 4.00. The zero-order valence-corrected chi connectivity index (χ0v) is 20.1. The average molecular weight is 510 g/mol. The molecule has 1 heterocycles. The predicted octanol–water partition coefficient (Wildman–Crippen LogP) is 2.25. The number of aliphatic imine (C=N–C) groups is 1. The molecule has 0 aromatic carbocycles. The molecule has 1 saturated heterocycles. The van der Waals surface area contributed by atoms with E-state index in [9.17, 15) is 4.79 Å². The molecule has 2 N–H and O–H groups in total. The average Bonchev–Trinajstić information content (AvgIpc) is 2.71. The second-order valence-electron chi connectivity index (χ2n) is 7.68. The summed E-state index contributed by atoms with van der Waals surface area (Å²) in [6.45, 7) is 7.46. The highest BCUT2D eigenvalue weighted by atomic mass is 127. The van der Waals surface area contributed by atoms with Crippen molar-refractivity contribution in [3.63, 3.8) is 0 Å². The van der Waals surface area contributed by atoms with E-state index in [4.69, 9.17) is 9.47 Å². The van der Waals surface area contributed by atoms with Gasteiger partial charge in [0.2, 0.25) is 0 Å². The zero-order valence-electron chi connectivity index (χ0n) is 17.7. The van der Waals surface area contributed by atoms with Gasteiger partial charge >= 0.3 is 5.97 Å². The quantitative estimate of drug-likeness (QED) is 0.226. The summed E-state index contributed by atoms with van der Waals surface area (Å²) in [5.41, 5.74) is 0. The fraction of sp³-hybridized carbons (Fsp3) is 0.900. The van der Waals surface area contributed by atoms with Gasteiger partial charge in [-0.05, 0) is 64.5 Å². The van der Waals surface area contributed by atoms with Crippen LogP contribution in [0.1, 0.15) is 45.4 Å². The lowest BCUT2D eigenvalue weighted by Gasteiger charge is -2.33. The summed E-state index contributed by atoms with van der Waals surface area (Å²) >= 11 is 0. The lowest BCUT2D eigenvalue weighted by molar-refractivity contribution is -0.149. The molecule has 0 bridgehead atoms. The molecule has 1 aliphatic heterocycles. The van der Waals surface area contributed by atoms with Crippen LogP contribution in [-0.2, 0) is 14.3 Å². The molecule has 8 heteroatoms. The highest BCUT2D eigenvalue weighted by molar-refractivity contribution is 14.0. The zero-order chi connectivity index (χ0) is 19.5. The Kier molecular flexibility index (Phi) is 13.1. The van der Waals surface area contributed by atoms with Crippen molar-refractivity contribution in [2.24, 2.45) is 16.8 Å². The Bertz CT molecular complexity index is 462. The van der Waals surface area contributed by atoms with Gasteiger partial charge < -0.3 is 25.0 Å². The Morgan fingerprint density at radius 2 is 1.82 bits per heavy atom. The number of hydrogen-bond acceptors (Lipinski definition) is 5. The molecule has 28 heavy (non-hydrogen) atoms. The number of nitrogens with one attached hydrogen (secondary N) is 2. The van der Waals surface area contributed by atoms with Gasteiger partial charge in [-0.1, -0.05) is 0 Å². The molecule has 7 nitrogen and oxygen atoms in total. The van der Waals surface area contributed by atoms with E-state index in [-0.39, 0.29) is 35.9 Å². The first-order valence-corrected chi connectivity index (χ1v) is 10.5. The van der Waals surface area contributed by atoms with Gasteiger partial charge in [0, 0.05) is 33.3 Å². The van der Waals surface area contributed by atoms with Crippen molar-refractivity contribution in [1.82, 2.24) is 15.5 Å². The van der Waals surface area contributed by atoms with Crippen LogP contribution >= 0.6 is 24.0 Å². The highest BCUT2D eigenvalue weighted by Gasteiger charge is 2.27. The molecular weight excluding hydrogens is 471 g/mol. The number of guanidine groups is 1. The molecule has 1 saturated carbocycles. The van der Waals surface area contributed by atoms with Crippen LogP contribution in [-0.4, -0.2) is 76.4 Å². The third-order valence-corrected chi connectivity index (χ3v) is 5.79. The summed E-state index contributed by atoms with van der Waals surface area (Å²) in [4.78, 5) is 18.7. The molecule has 2 aliphatic rings. The Morgan fingerprint density at radius 1 is 1.14 bits per heavy atom. The predicted molar refractivity (Wildman–Crippen MR) is 123 cm³/mol. The third kappa shape index (κ3) is 8.82. The van der Waals surface area contributed by atoms with E-state index in [1.807, 2.05) is 14.0 Å². The van der Waals surface area contributed by atoms with Crippen LogP contribution < -0.4 is 10.6 Å². The van der Waals surface area contributed by atoms with Crippen molar-refractivity contribution in [2.75, 3.05) is 53.6 Å². The molecule has 1 aliphatic carbocycles. The Balaban J connectivity index is 0.00000392. The Hall–Kier alpha value is -0.610. The summed E-state index contributed by atoms with van der Waals surface area (Å²) in [5, 5.41) is 7.04. The maximum absolute atomic E-state index is 11.9. The Morgan fingerprint density at radius 3 is 2.39 bits per heavy atom. The number of rotatable bonds is 8. The van der Waals surface area contributed by atoms with Crippen molar-refractivity contribution in [1.29, 1.82) is 0 Å². The largest absolute Gasteiger partial charge is 0.466 e. The molecule has 0 atom stereocenters. The monoisotopic (exact) mass is 510 g/mol. The molecule has 0 radical (unpaired) electrons. The number of esters is 1. The molecule has 2 rings (SSSR count). The SMILES string of the molecule is CCOC(=O)C1CCC(NC(=NC)NCC2CCN(CCOC)CC2)CC1.I. The van der Waals surface area contributed by atoms with Crippen LogP contribution in [0, 0.1) is 11.8 Å². The number of hydrogen-bond donors (Lipinski definition) is 2. The number of carbonyl (C=O) groups excluding carboxylic acids is 1. The minimum absolute atomic E-state index is 0. The third-order valence-electron chi connectivity index (χ3n) is 5.79. The van der Waals surface area contributed by atoms with Gasteiger partial charge in [0.05, 0.1) is 19.1 Å². The van der Waals surface area contributed by atoms with Gasteiger partial charge in [-0.2, -0.15) is 0 Å². The van der Waals surface area contributed by atoms with Crippen molar-refractivity contribution in [3.8, 4) is 0 Å². The minimum atomic E-state index is -0.0321. The van der Waals surface area contributed by atoms with Gasteiger partial charge in [0.15, 0.2) is 5.96 Å². The Labute approximate surface area is 187 Å². The van der Waals surface area contributed by atoms with Gasteiger partial charge in [0.1, 0.15) is 0 Å². The minimum Gasteiger partial charge on any atom is -0.466 e. The summed E-state index contributed by atoms with van der Waals surface area (Å²) < 4.78 is 10.3. The standard InChI is InChI=1S/C20H38N4O3.HI/c1-4-27-19(25)17-5-7-18(8-6-17)23-20(21-2)22-15-16-9-11-24(12-10-16)13-14-26-3;/h16-18H,4-15H2,1-3H3,(H2,21,22,23);1H. The lowest BCUT2D eigenvalue weighted by Crippen LogP contribution is -2.47. The second-order valence-corrected chi connectivity index (χ2v) is 7.68.